The van der Waals surface area contributed by atoms with E-state index >= 15 is 0 Å². The highest BCUT2D eigenvalue weighted by Gasteiger charge is 2.31. The van der Waals surface area contributed by atoms with Gasteiger partial charge in [0, 0.05) is 21.3 Å². The molecule has 0 radical (unpaired) electrons. The van der Waals surface area contributed by atoms with Crippen molar-refractivity contribution in [1.29, 1.82) is 0 Å². The summed E-state index contributed by atoms with van der Waals surface area (Å²) in [5.41, 5.74) is 0. The highest BCUT2D eigenvalue weighted by Crippen LogP contribution is 2.17. The first-order valence-corrected chi connectivity index (χ1v) is 6.48. The molecule has 3 nitrogen and oxygen atoms in total. The minimum Gasteiger partial charge on any atom is -0.398 e. The first kappa shape index (κ1) is 11.8. The predicted molar refractivity (Wildman–Crippen MR) is 54.1 cm³/mol. The van der Waals surface area contributed by atoms with Crippen LogP contribution in [0.25, 0.3) is 0 Å². The normalized spacial score (nSPS) is 12.7. The number of aliphatic imine (C=N–C) groups is 1. The van der Waals surface area contributed by atoms with E-state index in [1.54, 1.807) is 21.3 Å². The van der Waals surface area contributed by atoms with Gasteiger partial charge in [0.1, 0.15) is 0 Å². The minimum atomic E-state index is -1.85. The van der Waals surface area contributed by atoms with Gasteiger partial charge in [0.2, 0.25) is 0 Å². The Morgan fingerprint density at radius 1 is 1.33 bits per heavy atom. The molecule has 12 heavy (non-hydrogen) atoms. The van der Waals surface area contributed by atoms with Gasteiger partial charge in [0.25, 0.3) is 0 Å². The molecule has 0 spiro atoms. The molecule has 0 heterocycles. The van der Waals surface area contributed by atoms with Crippen LogP contribution >= 0.6 is 0 Å². The van der Waals surface area contributed by atoms with Crippen molar-refractivity contribution in [3.05, 3.63) is 0 Å². The van der Waals surface area contributed by atoms with Gasteiger partial charge in [-0.2, -0.15) is 0 Å². The van der Waals surface area contributed by atoms with Crippen LogP contribution in [-0.4, -0.2) is 36.0 Å². The number of rotatable bonds is 6. The summed E-state index contributed by atoms with van der Waals surface area (Å²) in [7, 11) is 3.42. The summed E-state index contributed by atoms with van der Waals surface area (Å²) in [5.74, 6) is 0. The lowest BCUT2D eigenvalue weighted by Gasteiger charge is -2.25. The lowest BCUT2D eigenvalue weighted by atomic mass is 10.5. The summed E-state index contributed by atoms with van der Waals surface area (Å²) in [6.45, 7) is 2.11. The quantitative estimate of drug-likeness (QED) is 0.471. The van der Waals surface area contributed by atoms with Crippen LogP contribution in [0.15, 0.2) is 4.99 Å². The standard InChI is InChI=1S/C8H19NO2Si/c1-5-12(10-3,11-4)8-6-7-9-2/h7H,5-6,8H2,1-4H3. The lowest BCUT2D eigenvalue weighted by Crippen LogP contribution is -2.38. The number of hydrogen-bond acceptors (Lipinski definition) is 3. The van der Waals surface area contributed by atoms with Gasteiger partial charge in [-0.05, 0) is 24.7 Å². The number of nitrogens with zero attached hydrogens (tertiary/aromatic N) is 1. The van der Waals surface area contributed by atoms with Crippen LogP contribution in [0, 0.1) is 0 Å². The Bertz CT molecular complexity index is 127. The Kier molecular flexibility index (Phi) is 6.23. The van der Waals surface area contributed by atoms with Crippen molar-refractivity contribution in [3.8, 4) is 0 Å². The lowest BCUT2D eigenvalue weighted by molar-refractivity contribution is 0.243. The summed E-state index contributed by atoms with van der Waals surface area (Å²) >= 11 is 0. The van der Waals surface area contributed by atoms with Gasteiger partial charge in [0.15, 0.2) is 0 Å². The molecule has 0 atom stereocenters. The molecule has 4 heteroatoms. The molecule has 0 aromatic rings. The van der Waals surface area contributed by atoms with E-state index in [0.717, 1.165) is 18.5 Å². The molecule has 0 saturated heterocycles. The van der Waals surface area contributed by atoms with Gasteiger partial charge < -0.3 is 13.8 Å². The summed E-state index contributed by atoms with van der Waals surface area (Å²) in [6, 6.07) is 1.99. The molecule has 0 aliphatic rings. The zero-order valence-electron chi connectivity index (χ0n) is 8.46. The van der Waals surface area contributed by atoms with Crippen LogP contribution in [0.4, 0.5) is 0 Å². The molecule has 0 rings (SSSR count). The van der Waals surface area contributed by atoms with Crippen molar-refractivity contribution < 1.29 is 8.85 Å². The van der Waals surface area contributed by atoms with Gasteiger partial charge in [-0.3, -0.25) is 0 Å². The molecule has 0 unspecified atom stereocenters. The molecule has 0 amide bonds. The zero-order valence-corrected chi connectivity index (χ0v) is 9.46. The largest absolute Gasteiger partial charge is 0.398 e. The molecule has 0 aromatic heterocycles. The Balaban J connectivity index is 3.92. The average molecular weight is 189 g/mol. The minimum absolute atomic E-state index is 0.957. The Morgan fingerprint density at radius 3 is 2.25 bits per heavy atom. The van der Waals surface area contributed by atoms with E-state index < -0.39 is 8.56 Å². The first-order chi connectivity index (χ1) is 5.74. The van der Waals surface area contributed by atoms with E-state index in [9.17, 15) is 0 Å². The van der Waals surface area contributed by atoms with E-state index in [0.29, 0.717) is 0 Å². The van der Waals surface area contributed by atoms with Crippen molar-refractivity contribution in [2.75, 3.05) is 21.3 Å². The second-order valence-corrected chi connectivity index (χ2v) is 6.50. The molecule has 0 aliphatic heterocycles. The molecular weight excluding hydrogens is 170 g/mol. The third kappa shape index (κ3) is 3.47. The van der Waals surface area contributed by atoms with E-state index in [1.807, 2.05) is 6.21 Å². The van der Waals surface area contributed by atoms with Crippen molar-refractivity contribution in [1.82, 2.24) is 0 Å². The van der Waals surface area contributed by atoms with Gasteiger partial charge in [0.05, 0.1) is 0 Å². The smallest absolute Gasteiger partial charge is 0.337 e. The van der Waals surface area contributed by atoms with Crippen LogP contribution in [-0.2, 0) is 8.85 Å². The zero-order chi connectivity index (χ0) is 9.45. The first-order valence-electron chi connectivity index (χ1n) is 4.25. The second-order valence-electron chi connectivity index (χ2n) is 2.65. The van der Waals surface area contributed by atoms with Crippen LogP contribution in [0.3, 0.4) is 0 Å². The Labute approximate surface area is 76.0 Å². The van der Waals surface area contributed by atoms with E-state index in [4.69, 9.17) is 8.85 Å². The molecule has 0 fully saturated rings. The second kappa shape index (κ2) is 6.34. The topological polar surface area (TPSA) is 30.8 Å². The van der Waals surface area contributed by atoms with Crippen LogP contribution in [0.1, 0.15) is 13.3 Å². The third-order valence-corrected chi connectivity index (χ3v) is 5.74. The van der Waals surface area contributed by atoms with Gasteiger partial charge >= 0.3 is 8.56 Å². The average Bonchev–Trinajstić information content (AvgIpc) is 2.14. The molecule has 0 N–H and O–H groups in total. The van der Waals surface area contributed by atoms with E-state index in [1.165, 1.54) is 0 Å². The Hall–Kier alpha value is -0.193. The van der Waals surface area contributed by atoms with Crippen molar-refractivity contribution in [3.63, 3.8) is 0 Å². The molecule has 0 bridgehead atoms. The SMILES string of the molecule is CC[Si](CCC=NC)(OC)OC. The highest BCUT2D eigenvalue weighted by atomic mass is 28.4. The molecule has 0 aliphatic carbocycles. The van der Waals surface area contributed by atoms with Crippen molar-refractivity contribution >= 4 is 14.8 Å². The van der Waals surface area contributed by atoms with Crippen molar-refractivity contribution in [2.24, 2.45) is 4.99 Å². The highest BCUT2D eigenvalue weighted by molar-refractivity contribution is 6.67. The Morgan fingerprint density at radius 2 is 1.92 bits per heavy atom. The maximum atomic E-state index is 5.44. The summed E-state index contributed by atoms with van der Waals surface area (Å²) in [6.07, 6.45) is 2.87. The molecule has 72 valence electrons. The summed E-state index contributed by atoms with van der Waals surface area (Å²) in [5, 5.41) is 0. The summed E-state index contributed by atoms with van der Waals surface area (Å²) < 4.78 is 10.9. The monoisotopic (exact) mass is 189 g/mol. The third-order valence-electron chi connectivity index (χ3n) is 2.12. The van der Waals surface area contributed by atoms with Crippen LogP contribution in [0.5, 0.6) is 0 Å². The maximum absolute atomic E-state index is 5.44. The molecule has 0 saturated carbocycles. The molecular formula is C8H19NO2Si. The predicted octanol–water partition coefficient (Wildman–Crippen LogP) is 1.83. The van der Waals surface area contributed by atoms with E-state index in [2.05, 4.69) is 11.9 Å². The maximum Gasteiger partial charge on any atom is 0.337 e. The van der Waals surface area contributed by atoms with Crippen molar-refractivity contribution in [2.45, 2.75) is 25.4 Å². The fraction of sp³-hybridized carbons (Fsp3) is 0.875. The van der Waals surface area contributed by atoms with Crippen LogP contribution in [0.2, 0.25) is 12.1 Å². The van der Waals surface area contributed by atoms with E-state index in [-0.39, 0.29) is 0 Å². The van der Waals surface area contributed by atoms with Gasteiger partial charge in [-0.15, -0.1) is 0 Å². The van der Waals surface area contributed by atoms with Gasteiger partial charge in [-0.1, -0.05) is 6.92 Å². The number of hydrogen-bond donors (Lipinski definition) is 0. The fourth-order valence-electron chi connectivity index (χ4n) is 1.17. The van der Waals surface area contributed by atoms with Crippen LogP contribution < -0.4 is 0 Å². The summed E-state index contributed by atoms with van der Waals surface area (Å²) in [4.78, 5) is 3.93. The van der Waals surface area contributed by atoms with Gasteiger partial charge in [-0.25, -0.2) is 0 Å². The fourth-order valence-corrected chi connectivity index (χ4v) is 3.24. The molecule has 0 aromatic carbocycles.